The zero-order chi connectivity index (χ0) is 28.6. The summed E-state index contributed by atoms with van der Waals surface area (Å²) < 4.78 is 0. The van der Waals surface area contributed by atoms with E-state index < -0.39 is 55.0 Å². The molecular formula is C24H47N3O10. The first-order valence-corrected chi connectivity index (χ1v) is 13.0. The minimum absolute atomic E-state index is 0.572. The van der Waals surface area contributed by atoms with Crippen LogP contribution in [0.15, 0.2) is 0 Å². The summed E-state index contributed by atoms with van der Waals surface area (Å²) in [4.78, 5) is 72.9. The summed E-state index contributed by atoms with van der Waals surface area (Å²) >= 11 is 0. The Kier molecular flexibility index (Phi) is 17.5. The molecule has 0 aromatic rings. The molecule has 0 heterocycles. The lowest BCUT2D eigenvalue weighted by molar-refractivity contribution is -0.335. The van der Waals surface area contributed by atoms with Gasteiger partial charge in [-0.25, -0.2) is 14.4 Å². The summed E-state index contributed by atoms with van der Waals surface area (Å²) in [5.41, 5.74) is -2.67. The first kappa shape index (κ1) is 35.1. The Morgan fingerprint density at radius 3 is 1.14 bits per heavy atom. The molecule has 0 aromatic heterocycles. The normalized spacial score (nSPS) is 15.8. The third-order valence-corrected chi connectivity index (χ3v) is 6.06. The van der Waals surface area contributed by atoms with E-state index in [1.807, 2.05) is 56.2 Å². The number of carbonyl (C=O) groups excluding carboxylic acids is 3. The van der Waals surface area contributed by atoms with Gasteiger partial charge in [-0.2, -0.15) is 14.7 Å². The molecule has 3 unspecified atom stereocenters. The van der Waals surface area contributed by atoms with Crippen LogP contribution in [0.4, 0.5) is 0 Å². The lowest BCUT2D eigenvalue weighted by Crippen LogP contribution is -2.46. The molecule has 3 atom stereocenters. The maximum absolute atomic E-state index is 12.8. The molecule has 0 rings (SSSR count). The lowest BCUT2D eigenvalue weighted by atomic mass is 9.96. The van der Waals surface area contributed by atoms with Crippen molar-refractivity contribution in [3.63, 3.8) is 0 Å². The van der Waals surface area contributed by atoms with Gasteiger partial charge < -0.3 is 5.11 Å². The van der Waals surface area contributed by atoms with E-state index in [1.54, 1.807) is 20.8 Å². The van der Waals surface area contributed by atoms with Crippen LogP contribution in [0.1, 0.15) is 75.2 Å². The van der Waals surface area contributed by atoms with Gasteiger partial charge >= 0.3 is 17.9 Å². The van der Waals surface area contributed by atoms with E-state index in [2.05, 4.69) is 0 Å². The van der Waals surface area contributed by atoms with Gasteiger partial charge in [0.05, 0.1) is 12.8 Å². The molecule has 0 amide bonds. The molecule has 0 saturated heterocycles. The molecule has 1 N–H and O–H groups in total. The first-order valence-electron chi connectivity index (χ1n) is 13.0. The second-order valence-electron chi connectivity index (χ2n) is 8.42. The van der Waals surface area contributed by atoms with Gasteiger partial charge in [0.2, 0.25) is 0 Å². The first-order chi connectivity index (χ1) is 17.4. The molecule has 0 aliphatic rings. The third-order valence-electron chi connectivity index (χ3n) is 6.06. The maximum atomic E-state index is 12.8. The Labute approximate surface area is 220 Å². The van der Waals surface area contributed by atoms with E-state index in [9.17, 15) is 19.5 Å². The highest BCUT2D eigenvalue weighted by atomic mass is 17.2. The van der Waals surface area contributed by atoms with Crippen molar-refractivity contribution in [1.29, 1.82) is 0 Å². The standard InChI is InChI=1S/C24H47N3O10/c1-10-25(11-2)18(7)32-35-21(28)16-24(31,23(30)37-34-20(9)27(14-5)15-6)17-22(29)36-33-19(8)26(12-3)13-4/h18-20,31H,10-17H2,1-9H3. The van der Waals surface area contributed by atoms with E-state index in [4.69, 9.17) is 29.3 Å². The Hall–Kier alpha value is -1.87. The van der Waals surface area contributed by atoms with Gasteiger partial charge in [0, 0.05) is 0 Å². The molecule has 37 heavy (non-hydrogen) atoms. The van der Waals surface area contributed by atoms with Crippen LogP contribution < -0.4 is 0 Å². The molecule has 13 heteroatoms. The fraction of sp³-hybridized carbons (Fsp3) is 0.875. The molecule has 0 aliphatic heterocycles. The van der Waals surface area contributed by atoms with Gasteiger partial charge in [-0.3, -0.25) is 29.4 Å². The Morgan fingerprint density at radius 2 is 0.865 bits per heavy atom. The summed E-state index contributed by atoms with van der Waals surface area (Å²) in [5, 5.41) is 11.0. The summed E-state index contributed by atoms with van der Waals surface area (Å²) in [7, 11) is 0. The molecule has 0 aromatic carbocycles. The molecule has 0 fully saturated rings. The Bertz CT molecular complexity index is 633. The third kappa shape index (κ3) is 12.5. The molecule has 0 saturated carbocycles. The topological polar surface area (TPSA) is 137 Å². The minimum atomic E-state index is -2.67. The largest absolute Gasteiger partial charge is 0.377 e. The van der Waals surface area contributed by atoms with Crippen LogP contribution in [-0.2, 0) is 43.7 Å². The van der Waals surface area contributed by atoms with Crippen molar-refractivity contribution in [2.45, 2.75) is 99.4 Å². The summed E-state index contributed by atoms with van der Waals surface area (Å²) in [5.74, 6) is -3.56. The highest BCUT2D eigenvalue weighted by Crippen LogP contribution is 2.21. The van der Waals surface area contributed by atoms with Crippen LogP contribution in [0.3, 0.4) is 0 Å². The van der Waals surface area contributed by atoms with Crippen LogP contribution in [0, 0.1) is 0 Å². The summed E-state index contributed by atoms with van der Waals surface area (Å²) in [6, 6.07) is 0. The van der Waals surface area contributed by atoms with Gasteiger partial charge in [0.15, 0.2) is 24.3 Å². The highest BCUT2D eigenvalue weighted by molar-refractivity contribution is 5.89. The molecule has 13 nitrogen and oxygen atoms in total. The second-order valence-corrected chi connectivity index (χ2v) is 8.42. The van der Waals surface area contributed by atoms with Crippen molar-refractivity contribution in [2.24, 2.45) is 0 Å². The van der Waals surface area contributed by atoms with Crippen LogP contribution in [0.5, 0.6) is 0 Å². The van der Waals surface area contributed by atoms with Crippen molar-refractivity contribution in [3.8, 4) is 0 Å². The van der Waals surface area contributed by atoms with E-state index in [-0.39, 0.29) is 0 Å². The van der Waals surface area contributed by atoms with E-state index in [0.717, 1.165) is 0 Å². The predicted molar refractivity (Wildman–Crippen MR) is 133 cm³/mol. The van der Waals surface area contributed by atoms with Gasteiger partial charge in [-0.15, -0.1) is 0 Å². The van der Waals surface area contributed by atoms with Gasteiger partial charge in [0.1, 0.15) is 0 Å². The van der Waals surface area contributed by atoms with Crippen LogP contribution in [-0.4, -0.2) is 101 Å². The molecule has 218 valence electrons. The number of aliphatic hydroxyl groups is 1. The van der Waals surface area contributed by atoms with E-state index in [1.165, 1.54) is 0 Å². The maximum Gasteiger partial charge on any atom is 0.374 e. The number of hydrogen-bond acceptors (Lipinski definition) is 13. The quantitative estimate of drug-likeness (QED) is 0.138. The van der Waals surface area contributed by atoms with E-state index >= 15 is 0 Å². The summed E-state index contributed by atoms with van der Waals surface area (Å²) in [6.07, 6.45) is -3.70. The molecular weight excluding hydrogens is 490 g/mol. The van der Waals surface area contributed by atoms with Crippen molar-refractivity contribution < 1.29 is 48.8 Å². The van der Waals surface area contributed by atoms with Crippen LogP contribution in [0.2, 0.25) is 0 Å². The Morgan fingerprint density at radius 1 is 0.595 bits per heavy atom. The van der Waals surface area contributed by atoms with Crippen molar-refractivity contribution in [2.75, 3.05) is 39.3 Å². The molecule has 0 bridgehead atoms. The smallest absolute Gasteiger partial charge is 0.374 e. The molecule has 0 radical (unpaired) electrons. The minimum Gasteiger partial charge on any atom is -0.377 e. The predicted octanol–water partition coefficient (Wildman–Crippen LogP) is 1.99. The Balaban J connectivity index is 5.40. The molecule has 0 spiro atoms. The zero-order valence-corrected chi connectivity index (χ0v) is 23.9. The van der Waals surface area contributed by atoms with Gasteiger partial charge in [-0.05, 0) is 60.0 Å². The average molecular weight is 538 g/mol. The van der Waals surface area contributed by atoms with Gasteiger partial charge in [-0.1, -0.05) is 41.5 Å². The number of nitrogens with zero attached hydrogens (tertiary/aromatic N) is 3. The monoisotopic (exact) mass is 537 g/mol. The zero-order valence-electron chi connectivity index (χ0n) is 23.9. The highest BCUT2D eigenvalue weighted by Gasteiger charge is 2.45. The number of rotatable bonds is 20. The van der Waals surface area contributed by atoms with Gasteiger partial charge in [0.25, 0.3) is 0 Å². The second kappa shape index (κ2) is 18.4. The molecule has 0 aliphatic carbocycles. The fourth-order valence-corrected chi connectivity index (χ4v) is 3.58. The number of carbonyl (C=O) groups is 3. The number of hydrogen-bond donors (Lipinski definition) is 1. The average Bonchev–Trinajstić information content (AvgIpc) is 2.86. The van der Waals surface area contributed by atoms with Crippen molar-refractivity contribution >= 4 is 17.9 Å². The van der Waals surface area contributed by atoms with E-state index in [0.29, 0.717) is 39.3 Å². The fourth-order valence-electron chi connectivity index (χ4n) is 3.58. The van der Waals surface area contributed by atoms with Crippen molar-refractivity contribution in [1.82, 2.24) is 14.7 Å². The van der Waals surface area contributed by atoms with Crippen LogP contribution in [0.25, 0.3) is 0 Å². The summed E-state index contributed by atoms with van der Waals surface area (Å²) in [6.45, 7) is 20.2. The lowest BCUT2D eigenvalue weighted by Gasteiger charge is -2.28. The van der Waals surface area contributed by atoms with Crippen LogP contribution >= 0.6 is 0 Å². The van der Waals surface area contributed by atoms with Crippen molar-refractivity contribution in [3.05, 3.63) is 0 Å². The SMILES string of the molecule is CCN(CC)C(C)OOC(=O)CC(O)(CC(=O)OOC(C)N(CC)CC)C(=O)OOC(C)N(CC)CC.